The lowest BCUT2D eigenvalue weighted by molar-refractivity contribution is -0.379. The Morgan fingerprint density at radius 2 is 0.627 bits per heavy atom. The number of aliphatic hydroxyl groups excluding tert-OH is 11. The Morgan fingerprint density at radius 3 is 0.982 bits per heavy atom. The molecular weight excluding hydrogens is 1390 g/mol. The van der Waals surface area contributed by atoms with Gasteiger partial charge in [-0.15, -0.1) is 0 Å². The predicted octanol–water partition coefficient (Wildman–Crippen LogP) is 17.1. The van der Waals surface area contributed by atoms with Crippen molar-refractivity contribution < 1.29 is 89.4 Å². The van der Waals surface area contributed by atoms with Crippen LogP contribution in [0.1, 0.15) is 367 Å². The third-order valence-electron chi connectivity index (χ3n) is 22.3. The van der Waals surface area contributed by atoms with Crippen LogP contribution in [0.4, 0.5) is 0 Å². The summed E-state index contributed by atoms with van der Waals surface area (Å²) >= 11 is 0. The van der Waals surface area contributed by atoms with E-state index in [0.29, 0.717) is 6.42 Å². The molecule has 642 valence electrons. The zero-order valence-electron chi connectivity index (χ0n) is 69.2. The van der Waals surface area contributed by atoms with E-state index in [0.717, 1.165) is 77.0 Å². The summed E-state index contributed by atoms with van der Waals surface area (Å²) in [5.41, 5.74) is 0. The van der Waals surface area contributed by atoms with Crippen molar-refractivity contribution in [3.05, 3.63) is 72.9 Å². The number of hydrogen-bond acceptors (Lipinski definition) is 18. The molecule has 0 radical (unpaired) electrons. The molecule has 0 aromatic heterocycles. The van der Waals surface area contributed by atoms with E-state index in [-0.39, 0.29) is 18.9 Å². The Hall–Kier alpha value is -2.77. The second-order valence-corrected chi connectivity index (χ2v) is 32.0. The highest BCUT2D eigenvalue weighted by molar-refractivity contribution is 5.76. The second kappa shape index (κ2) is 70.4. The molecule has 1 amide bonds. The summed E-state index contributed by atoms with van der Waals surface area (Å²) in [5.74, 6) is -0.270. The van der Waals surface area contributed by atoms with E-state index < -0.39 is 124 Å². The number of carbonyl (C=O) groups excluding carboxylic acids is 1. The molecule has 3 aliphatic heterocycles. The highest BCUT2D eigenvalue weighted by Crippen LogP contribution is 2.34. The van der Waals surface area contributed by atoms with Crippen molar-refractivity contribution in [1.29, 1.82) is 0 Å². The van der Waals surface area contributed by atoms with E-state index in [1.807, 2.05) is 6.08 Å². The van der Waals surface area contributed by atoms with Crippen LogP contribution < -0.4 is 5.32 Å². The molecule has 0 aliphatic carbocycles. The second-order valence-electron chi connectivity index (χ2n) is 32.0. The molecule has 17 unspecified atom stereocenters. The molecule has 0 saturated carbocycles. The fourth-order valence-corrected chi connectivity index (χ4v) is 15.1. The summed E-state index contributed by atoms with van der Waals surface area (Å²) in [4.78, 5) is 13.5. The zero-order chi connectivity index (χ0) is 79.5. The molecule has 0 spiro atoms. The van der Waals surface area contributed by atoms with Gasteiger partial charge in [-0.3, -0.25) is 4.79 Å². The molecule has 19 nitrogen and oxygen atoms in total. The fourth-order valence-electron chi connectivity index (χ4n) is 15.1. The van der Waals surface area contributed by atoms with Crippen LogP contribution in [0.2, 0.25) is 0 Å². The number of hydrogen-bond donors (Lipinski definition) is 12. The van der Waals surface area contributed by atoms with Crippen LogP contribution >= 0.6 is 0 Å². The minimum absolute atomic E-state index is 0.244. The monoisotopic (exact) mass is 1560 g/mol. The highest BCUT2D eigenvalue weighted by Gasteiger charge is 2.54. The zero-order valence-corrected chi connectivity index (χ0v) is 69.2. The van der Waals surface area contributed by atoms with E-state index >= 15 is 0 Å². The van der Waals surface area contributed by atoms with Crippen LogP contribution in [0.3, 0.4) is 0 Å². The van der Waals surface area contributed by atoms with Crippen LogP contribution in [0.25, 0.3) is 0 Å². The SMILES string of the molecule is CC/C=C\C/C=C\C/C=C\C/C=C\C/C=C\CCCCCCCCCCCCCCCCCCCCCC(=O)NC(COC1OC(CO)C(OC2OC(CO)C(OC3OC(CO)C(O)C(O)C3O)C(O)C2O)C(O)C1O)C(O)/C=C/CCCCCCCCCCCCCCCCCCCCCCCCCCCCCC. The Bertz CT molecular complexity index is 2270. The third kappa shape index (κ3) is 48.7. The maximum absolute atomic E-state index is 13.5. The lowest BCUT2D eigenvalue weighted by Crippen LogP contribution is -2.66. The molecule has 0 aromatic carbocycles. The smallest absolute Gasteiger partial charge is 0.220 e. The Balaban J connectivity index is 1.33. The average Bonchev–Trinajstić information content (AvgIpc) is 0.795. The molecule has 3 rings (SSSR count). The number of unbranched alkanes of at least 4 members (excludes halogenated alkanes) is 47. The minimum Gasteiger partial charge on any atom is -0.394 e. The van der Waals surface area contributed by atoms with E-state index in [1.165, 1.54) is 263 Å². The van der Waals surface area contributed by atoms with E-state index in [4.69, 9.17) is 28.4 Å². The normalized spacial score (nSPS) is 25.5. The summed E-state index contributed by atoms with van der Waals surface area (Å²) in [7, 11) is 0. The van der Waals surface area contributed by atoms with Crippen LogP contribution in [0, 0.1) is 0 Å². The van der Waals surface area contributed by atoms with E-state index in [9.17, 15) is 61.0 Å². The summed E-state index contributed by atoms with van der Waals surface area (Å²) < 4.78 is 34.5. The van der Waals surface area contributed by atoms with Gasteiger partial charge in [-0.1, -0.05) is 369 Å². The standard InChI is InChI=1S/C91H165NO18/c1-3-5-7-9-11-13-15-17-19-21-23-25-27-29-31-33-35-36-37-38-39-41-43-45-47-49-51-53-55-57-59-61-63-65-67-69-79(97)92-74(75(96)68-66-64-62-60-58-56-54-52-50-48-46-44-42-40-34-32-30-28-26-24-22-20-18-16-14-12-10-8-6-4-2)73-105-89-85(103)82(100)87(77(71-94)107-89)110-91-86(104)83(101)88(78(72-95)108-91)109-90-84(102)81(99)80(98)76(70-93)106-90/h5,7,11,13,17,19,23,25,29,31,66,68,74-78,80-91,93-96,98-104H,3-4,6,8-10,12,14-16,18,20-22,24,26-28,30,32-65,67,69-73H2,1-2H3,(H,92,97)/b7-5-,13-11-,19-17-,25-23-,31-29-,68-66+. The number of amides is 1. The van der Waals surface area contributed by atoms with Gasteiger partial charge in [-0.25, -0.2) is 0 Å². The molecule has 3 fully saturated rings. The largest absolute Gasteiger partial charge is 0.394 e. The number of nitrogens with one attached hydrogen (secondary N) is 1. The van der Waals surface area contributed by atoms with E-state index in [1.54, 1.807) is 6.08 Å². The molecule has 3 heterocycles. The van der Waals surface area contributed by atoms with Gasteiger partial charge in [0.15, 0.2) is 18.9 Å². The van der Waals surface area contributed by atoms with Crippen molar-refractivity contribution in [3.8, 4) is 0 Å². The first-order chi connectivity index (χ1) is 53.8. The molecule has 110 heavy (non-hydrogen) atoms. The summed E-state index contributed by atoms with van der Waals surface area (Å²) in [6.45, 7) is 1.68. The Kier molecular flexibility index (Phi) is 64.9. The minimum atomic E-state index is -1.98. The van der Waals surface area contributed by atoms with Gasteiger partial charge in [-0.05, 0) is 64.2 Å². The summed E-state index contributed by atoms with van der Waals surface area (Å²) in [6.07, 6.45) is 67.6. The molecule has 3 saturated heterocycles. The van der Waals surface area contributed by atoms with Gasteiger partial charge < -0.3 is 89.9 Å². The topological polar surface area (TPSA) is 307 Å². The van der Waals surface area contributed by atoms with Crippen molar-refractivity contribution in [2.45, 2.75) is 471 Å². The molecular formula is C91H165NO18. The lowest BCUT2D eigenvalue weighted by atomic mass is 9.96. The van der Waals surface area contributed by atoms with Crippen molar-refractivity contribution in [2.75, 3.05) is 26.4 Å². The van der Waals surface area contributed by atoms with Gasteiger partial charge in [0.05, 0.1) is 38.6 Å². The van der Waals surface area contributed by atoms with Crippen LogP contribution in [0.5, 0.6) is 0 Å². The van der Waals surface area contributed by atoms with Gasteiger partial charge in [0, 0.05) is 6.42 Å². The molecule has 0 aromatic rings. The number of carbonyl (C=O) groups is 1. The lowest BCUT2D eigenvalue weighted by Gasteiger charge is -2.48. The maximum atomic E-state index is 13.5. The number of allylic oxidation sites excluding steroid dienone is 11. The summed E-state index contributed by atoms with van der Waals surface area (Å²) in [5, 5.41) is 121. The van der Waals surface area contributed by atoms with Crippen molar-refractivity contribution in [2.24, 2.45) is 0 Å². The summed E-state index contributed by atoms with van der Waals surface area (Å²) in [6, 6.07) is -0.977. The van der Waals surface area contributed by atoms with Gasteiger partial charge in [0.25, 0.3) is 0 Å². The quantitative estimate of drug-likeness (QED) is 0.0199. The first-order valence-electron chi connectivity index (χ1n) is 45.2. The van der Waals surface area contributed by atoms with Crippen LogP contribution in [0.15, 0.2) is 72.9 Å². The number of aliphatic hydroxyl groups is 11. The van der Waals surface area contributed by atoms with Crippen LogP contribution in [-0.4, -0.2) is 193 Å². The molecule has 3 aliphatic rings. The molecule has 17 atom stereocenters. The first-order valence-corrected chi connectivity index (χ1v) is 45.2. The van der Waals surface area contributed by atoms with Crippen molar-refractivity contribution in [1.82, 2.24) is 5.32 Å². The van der Waals surface area contributed by atoms with Gasteiger partial charge in [0.2, 0.25) is 5.91 Å². The first kappa shape index (κ1) is 101. The van der Waals surface area contributed by atoms with E-state index in [2.05, 4.69) is 79.9 Å². The molecule has 0 bridgehead atoms. The average molecular weight is 1560 g/mol. The molecule has 12 N–H and O–H groups in total. The van der Waals surface area contributed by atoms with Gasteiger partial charge >= 0.3 is 0 Å². The maximum Gasteiger partial charge on any atom is 0.220 e. The van der Waals surface area contributed by atoms with Gasteiger partial charge in [0.1, 0.15) is 73.2 Å². The molecule has 19 heteroatoms. The Morgan fingerprint density at radius 1 is 0.336 bits per heavy atom. The number of ether oxygens (including phenoxy) is 6. The highest BCUT2D eigenvalue weighted by atomic mass is 16.8. The van der Waals surface area contributed by atoms with Gasteiger partial charge in [-0.2, -0.15) is 0 Å². The fraction of sp³-hybridized carbons (Fsp3) is 0.857. The van der Waals surface area contributed by atoms with Crippen LogP contribution in [-0.2, 0) is 33.2 Å². The predicted molar refractivity (Wildman–Crippen MR) is 443 cm³/mol. The van der Waals surface area contributed by atoms with Crippen molar-refractivity contribution in [3.63, 3.8) is 0 Å². The third-order valence-corrected chi connectivity index (χ3v) is 22.3. The van der Waals surface area contributed by atoms with Crippen molar-refractivity contribution >= 4 is 5.91 Å². The Labute approximate surface area is 668 Å². The number of rotatable bonds is 73.